The van der Waals surface area contributed by atoms with Gasteiger partial charge in [-0.2, -0.15) is 0 Å². The molecule has 8 heteroatoms. The zero-order chi connectivity index (χ0) is 23.1. The average molecular weight is 459 g/mol. The van der Waals surface area contributed by atoms with E-state index in [1.165, 1.54) is 5.56 Å². The molecule has 0 saturated carbocycles. The molecule has 32 heavy (non-hydrogen) atoms. The normalized spacial score (nSPS) is 14.9. The van der Waals surface area contributed by atoms with E-state index in [0.29, 0.717) is 41.1 Å². The van der Waals surface area contributed by atoms with E-state index in [2.05, 4.69) is 10.2 Å². The molecule has 0 spiro atoms. The Hall–Kier alpha value is -3.00. The Balaban J connectivity index is 1.85. The number of fused-ring (bicyclic) bond motifs is 1. The third kappa shape index (κ3) is 5.24. The molecular weight excluding hydrogens is 428 g/mol. The second-order valence-corrected chi connectivity index (χ2v) is 7.64. The first-order chi connectivity index (χ1) is 15.5. The van der Waals surface area contributed by atoms with Crippen molar-refractivity contribution < 1.29 is 23.7 Å². The molecule has 0 unspecified atom stereocenters. The number of carbonyl (C=O) groups excluding carboxylic acids is 1. The van der Waals surface area contributed by atoms with Crippen LogP contribution in [0.2, 0.25) is 0 Å². The van der Waals surface area contributed by atoms with Crippen LogP contribution in [0.25, 0.3) is 0 Å². The van der Waals surface area contributed by atoms with Crippen molar-refractivity contribution in [2.24, 2.45) is 0 Å². The Kier molecular flexibility index (Phi) is 8.16. The molecule has 7 nitrogen and oxygen atoms in total. The Morgan fingerprint density at radius 2 is 1.81 bits per heavy atom. The molecule has 0 amide bonds. The predicted octanol–water partition coefficient (Wildman–Crippen LogP) is 3.75. The van der Waals surface area contributed by atoms with Gasteiger partial charge in [-0.15, -0.1) is 0 Å². The number of nitrogens with zero attached hydrogens (tertiary/aromatic N) is 1. The summed E-state index contributed by atoms with van der Waals surface area (Å²) < 4.78 is 22.2. The van der Waals surface area contributed by atoms with Gasteiger partial charge in [0, 0.05) is 13.1 Å². The molecule has 0 radical (unpaired) electrons. The SMILES string of the molecule is CCNC(=S)N1CCc2cc(OC)c(OC)cc2[C@@H]1COc1ccc(C(=O)OCC)cc1. The monoisotopic (exact) mass is 458 g/mol. The molecule has 0 aromatic heterocycles. The number of hydrogen-bond donors (Lipinski definition) is 1. The summed E-state index contributed by atoms with van der Waals surface area (Å²) in [6.45, 7) is 6.04. The maximum atomic E-state index is 11.9. The largest absolute Gasteiger partial charge is 0.493 e. The van der Waals surface area contributed by atoms with Crippen molar-refractivity contribution in [2.75, 3.05) is 40.5 Å². The first kappa shape index (κ1) is 23.7. The zero-order valence-corrected chi connectivity index (χ0v) is 19.8. The topological polar surface area (TPSA) is 69.3 Å². The van der Waals surface area contributed by atoms with Crippen LogP contribution in [0.5, 0.6) is 17.2 Å². The fraction of sp³-hybridized carbons (Fsp3) is 0.417. The molecule has 0 aliphatic carbocycles. The smallest absolute Gasteiger partial charge is 0.338 e. The molecular formula is C24H30N2O5S. The van der Waals surface area contributed by atoms with Crippen LogP contribution in [0.15, 0.2) is 36.4 Å². The molecule has 3 rings (SSSR count). The maximum absolute atomic E-state index is 11.9. The van der Waals surface area contributed by atoms with Gasteiger partial charge in [-0.05, 0) is 80.0 Å². The van der Waals surface area contributed by atoms with E-state index in [1.54, 1.807) is 45.4 Å². The molecule has 0 fully saturated rings. The second kappa shape index (κ2) is 11.0. The number of rotatable bonds is 8. The first-order valence-corrected chi connectivity index (χ1v) is 11.1. The number of nitrogens with one attached hydrogen (secondary N) is 1. The minimum Gasteiger partial charge on any atom is -0.493 e. The van der Waals surface area contributed by atoms with Crippen LogP contribution in [0.4, 0.5) is 0 Å². The molecule has 1 aliphatic rings. The molecule has 172 valence electrons. The van der Waals surface area contributed by atoms with Crippen molar-refractivity contribution in [2.45, 2.75) is 26.3 Å². The molecule has 2 aromatic carbocycles. The number of benzene rings is 2. The Morgan fingerprint density at radius 3 is 2.44 bits per heavy atom. The van der Waals surface area contributed by atoms with E-state index in [1.807, 2.05) is 19.1 Å². The van der Waals surface area contributed by atoms with Crippen LogP contribution in [-0.4, -0.2) is 56.5 Å². The van der Waals surface area contributed by atoms with E-state index in [0.717, 1.165) is 25.1 Å². The number of hydrogen-bond acceptors (Lipinski definition) is 6. The van der Waals surface area contributed by atoms with E-state index in [4.69, 9.17) is 31.2 Å². The lowest BCUT2D eigenvalue weighted by Gasteiger charge is -2.39. The van der Waals surface area contributed by atoms with Crippen LogP contribution in [0.3, 0.4) is 0 Å². The highest BCUT2D eigenvalue weighted by atomic mass is 32.1. The van der Waals surface area contributed by atoms with Gasteiger partial charge in [0.25, 0.3) is 0 Å². The molecule has 1 aliphatic heterocycles. The van der Waals surface area contributed by atoms with Crippen molar-refractivity contribution in [3.8, 4) is 17.2 Å². The minimum atomic E-state index is -0.344. The molecule has 1 atom stereocenters. The second-order valence-electron chi connectivity index (χ2n) is 7.26. The third-order valence-electron chi connectivity index (χ3n) is 5.36. The van der Waals surface area contributed by atoms with Gasteiger partial charge in [-0.25, -0.2) is 4.79 Å². The number of carbonyl (C=O) groups is 1. The Bertz CT molecular complexity index is 948. The predicted molar refractivity (Wildman–Crippen MR) is 127 cm³/mol. The van der Waals surface area contributed by atoms with E-state index in [9.17, 15) is 4.79 Å². The van der Waals surface area contributed by atoms with Crippen molar-refractivity contribution >= 4 is 23.3 Å². The van der Waals surface area contributed by atoms with Gasteiger partial charge in [0.1, 0.15) is 12.4 Å². The summed E-state index contributed by atoms with van der Waals surface area (Å²) in [7, 11) is 3.27. The molecule has 1 N–H and O–H groups in total. The van der Waals surface area contributed by atoms with Crippen LogP contribution in [0.1, 0.15) is 41.4 Å². The summed E-state index contributed by atoms with van der Waals surface area (Å²) in [5, 5.41) is 3.95. The highest BCUT2D eigenvalue weighted by molar-refractivity contribution is 7.80. The van der Waals surface area contributed by atoms with E-state index >= 15 is 0 Å². The summed E-state index contributed by atoms with van der Waals surface area (Å²) in [5.41, 5.74) is 2.77. The lowest BCUT2D eigenvalue weighted by atomic mass is 9.92. The highest BCUT2D eigenvalue weighted by Crippen LogP contribution is 2.38. The van der Waals surface area contributed by atoms with Crippen molar-refractivity contribution in [3.05, 3.63) is 53.1 Å². The van der Waals surface area contributed by atoms with Crippen molar-refractivity contribution in [1.82, 2.24) is 10.2 Å². The number of esters is 1. The summed E-state index contributed by atoms with van der Waals surface area (Å²) in [6.07, 6.45) is 0.839. The molecule has 0 bridgehead atoms. The van der Waals surface area contributed by atoms with Crippen LogP contribution < -0.4 is 19.5 Å². The highest BCUT2D eigenvalue weighted by Gasteiger charge is 2.31. The maximum Gasteiger partial charge on any atom is 0.338 e. The van der Waals surface area contributed by atoms with Crippen LogP contribution in [0, 0.1) is 0 Å². The minimum absolute atomic E-state index is 0.102. The average Bonchev–Trinajstić information content (AvgIpc) is 2.82. The number of thiocarbonyl (C=S) groups is 1. The lowest BCUT2D eigenvalue weighted by Crippen LogP contribution is -2.47. The molecule has 2 aromatic rings. The summed E-state index contributed by atoms with van der Waals surface area (Å²) in [4.78, 5) is 14.0. The van der Waals surface area contributed by atoms with E-state index < -0.39 is 0 Å². The van der Waals surface area contributed by atoms with Gasteiger partial charge in [0.2, 0.25) is 0 Å². The van der Waals surface area contributed by atoms with Gasteiger partial charge in [0.15, 0.2) is 16.6 Å². The lowest BCUT2D eigenvalue weighted by molar-refractivity contribution is 0.0526. The Morgan fingerprint density at radius 1 is 1.12 bits per heavy atom. The van der Waals surface area contributed by atoms with Gasteiger partial charge in [-0.1, -0.05) is 0 Å². The molecule has 1 heterocycles. The fourth-order valence-corrected chi connectivity index (χ4v) is 4.14. The third-order valence-corrected chi connectivity index (χ3v) is 5.74. The fourth-order valence-electron chi connectivity index (χ4n) is 3.78. The first-order valence-electron chi connectivity index (χ1n) is 10.7. The van der Waals surface area contributed by atoms with E-state index in [-0.39, 0.29) is 12.0 Å². The number of methoxy groups -OCH3 is 2. The zero-order valence-electron chi connectivity index (χ0n) is 19.0. The van der Waals surface area contributed by atoms with Crippen molar-refractivity contribution in [3.63, 3.8) is 0 Å². The van der Waals surface area contributed by atoms with Gasteiger partial charge < -0.3 is 29.2 Å². The van der Waals surface area contributed by atoms with Crippen LogP contribution >= 0.6 is 12.2 Å². The van der Waals surface area contributed by atoms with Gasteiger partial charge in [0.05, 0.1) is 32.4 Å². The Labute approximate surface area is 194 Å². The quantitative estimate of drug-likeness (QED) is 0.474. The van der Waals surface area contributed by atoms with Crippen LogP contribution in [-0.2, 0) is 11.2 Å². The summed E-state index contributed by atoms with van der Waals surface area (Å²) >= 11 is 5.64. The number of ether oxygens (including phenoxy) is 4. The molecule has 0 saturated heterocycles. The standard InChI is InChI=1S/C24H30N2O5S/c1-5-25-24(32)26-12-11-17-13-21(28-3)22(29-4)14-19(17)20(26)15-31-18-9-7-16(8-10-18)23(27)30-6-2/h7-10,13-14,20H,5-6,11-12,15H2,1-4H3,(H,25,32)/t20-/m0/s1. The summed E-state index contributed by atoms with van der Waals surface area (Å²) in [5.74, 6) is 1.71. The van der Waals surface area contributed by atoms with Gasteiger partial charge >= 0.3 is 5.97 Å². The summed E-state index contributed by atoms with van der Waals surface area (Å²) in [6, 6.07) is 10.9. The van der Waals surface area contributed by atoms with Gasteiger partial charge in [-0.3, -0.25) is 0 Å². The van der Waals surface area contributed by atoms with Crippen molar-refractivity contribution in [1.29, 1.82) is 0 Å².